The number of imide groups is 1. The van der Waals surface area contributed by atoms with Crippen LogP contribution in [0.25, 0.3) is 0 Å². The third-order valence-electron chi connectivity index (χ3n) is 8.58. The molecule has 0 spiro atoms. The number of alkyl carbamates (subject to hydrolysis) is 1. The number of methoxy groups -OCH3 is 1. The Hall–Kier alpha value is -5.00. The van der Waals surface area contributed by atoms with E-state index < -0.39 is 79.2 Å². The van der Waals surface area contributed by atoms with E-state index in [1.165, 1.54) is 0 Å². The van der Waals surface area contributed by atoms with Gasteiger partial charge in [-0.15, -0.1) is 0 Å². The largest absolute Gasteiger partial charge is 0.467 e. The molecular weight excluding hydrogens is 703 g/mol. The van der Waals surface area contributed by atoms with Crippen LogP contribution in [-0.4, -0.2) is 83.6 Å². The van der Waals surface area contributed by atoms with Crippen LogP contribution >= 0.6 is 7.37 Å². The lowest BCUT2D eigenvalue weighted by Gasteiger charge is -2.31. The lowest BCUT2D eigenvalue weighted by Crippen LogP contribution is -2.46. The van der Waals surface area contributed by atoms with Crippen LogP contribution in [0, 0.1) is 5.92 Å². The minimum atomic E-state index is -4.29. The maximum absolute atomic E-state index is 14.4. The first-order valence-electron chi connectivity index (χ1n) is 17.3. The summed E-state index contributed by atoms with van der Waals surface area (Å²) >= 11 is 0. The molecule has 1 aliphatic heterocycles. The second-order valence-corrected chi connectivity index (χ2v) is 16.3. The first-order chi connectivity index (χ1) is 25.2. The summed E-state index contributed by atoms with van der Waals surface area (Å²) in [6.07, 6.45) is -3.79. The Morgan fingerprint density at radius 3 is 2.04 bits per heavy atom. The number of esters is 2. The van der Waals surface area contributed by atoms with Gasteiger partial charge in [0.2, 0.25) is 13.3 Å². The van der Waals surface area contributed by atoms with Crippen molar-refractivity contribution in [3.63, 3.8) is 0 Å². The summed E-state index contributed by atoms with van der Waals surface area (Å²) in [6, 6.07) is 25.3. The van der Waals surface area contributed by atoms with Crippen LogP contribution in [0.1, 0.15) is 62.6 Å². The van der Waals surface area contributed by atoms with E-state index >= 15 is 0 Å². The number of amides is 3. The van der Waals surface area contributed by atoms with E-state index in [2.05, 4.69) is 5.32 Å². The number of benzene rings is 3. The molecular formula is C39H47N2O11P. The SMILES string of the molecule is COC(=O)[C@H](CCP(=O)(O)CC(CCC(=O)OC(C)(C)C)C(=O)N1C(=O)OC[C@@H]1C(c1ccccc1)c1ccccc1)NC(=O)OCc1ccccc1. The van der Waals surface area contributed by atoms with Crippen molar-refractivity contribution in [3.8, 4) is 0 Å². The van der Waals surface area contributed by atoms with Crippen molar-refractivity contribution < 1.29 is 52.4 Å². The van der Waals surface area contributed by atoms with Crippen LogP contribution in [0.15, 0.2) is 91.0 Å². The molecule has 1 fully saturated rings. The highest BCUT2D eigenvalue weighted by atomic mass is 31.2. The van der Waals surface area contributed by atoms with Crippen molar-refractivity contribution >= 4 is 37.4 Å². The maximum Gasteiger partial charge on any atom is 0.417 e. The van der Waals surface area contributed by atoms with Crippen LogP contribution in [0.4, 0.5) is 9.59 Å². The zero-order chi connectivity index (χ0) is 38.6. The zero-order valence-corrected chi connectivity index (χ0v) is 31.2. The molecule has 4 atom stereocenters. The quantitative estimate of drug-likeness (QED) is 0.0994. The lowest BCUT2D eigenvalue weighted by molar-refractivity contribution is -0.155. The minimum absolute atomic E-state index is 0.0736. The molecule has 0 aromatic heterocycles. The molecule has 0 aliphatic carbocycles. The Labute approximate surface area is 309 Å². The highest BCUT2D eigenvalue weighted by molar-refractivity contribution is 7.58. The molecule has 1 heterocycles. The van der Waals surface area contributed by atoms with E-state index in [1.54, 1.807) is 51.1 Å². The highest BCUT2D eigenvalue weighted by Crippen LogP contribution is 2.45. The average molecular weight is 751 g/mol. The molecule has 13 nitrogen and oxygen atoms in total. The fourth-order valence-corrected chi connectivity index (χ4v) is 8.00. The summed E-state index contributed by atoms with van der Waals surface area (Å²) < 4.78 is 34.7. The summed E-state index contributed by atoms with van der Waals surface area (Å²) in [4.78, 5) is 77.9. The second kappa shape index (κ2) is 18.7. The van der Waals surface area contributed by atoms with Gasteiger partial charge in [-0.05, 0) is 50.3 Å². The van der Waals surface area contributed by atoms with E-state index in [9.17, 15) is 33.4 Å². The lowest BCUT2D eigenvalue weighted by atomic mass is 9.84. The molecule has 1 saturated heterocycles. The van der Waals surface area contributed by atoms with E-state index in [4.69, 9.17) is 18.9 Å². The molecule has 53 heavy (non-hydrogen) atoms. The van der Waals surface area contributed by atoms with Crippen LogP contribution in [0.3, 0.4) is 0 Å². The van der Waals surface area contributed by atoms with Gasteiger partial charge in [-0.3, -0.25) is 14.2 Å². The molecule has 284 valence electrons. The minimum Gasteiger partial charge on any atom is -0.467 e. The average Bonchev–Trinajstić information content (AvgIpc) is 3.51. The summed E-state index contributed by atoms with van der Waals surface area (Å²) in [5.41, 5.74) is 1.54. The van der Waals surface area contributed by atoms with Gasteiger partial charge < -0.3 is 29.2 Å². The molecule has 0 bridgehead atoms. The Morgan fingerprint density at radius 2 is 1.49 bits per heavy atom. The predicted molar refractivity (Wildman–Crippen MR) is 195 cm³/mol. The normalized spacial score (nSPS) is 16.5. The number of nitrogens with one attached hydrogen (secondary N) is 1. The summed E-state index contributed by atoms with van der Waals surface area (Å²) in [5.74, 6) is -4.05. The van der Waals surface area contributed by atoms with Crippen molar-refractivity contribution in [2.24, 2.45) is 5.92 Å². The van der Waals surface area contributed by atoms with Gasteiger partial charge in [0.25, 0.3) is 0 Å². The second-order valence-electron chi connectivity index (χ2n) is 13.8. The molecule has 2 unspecified atom stereocenters. The van der Waals surface area contributed by atoms with Gasteiger partial charge in [0.15, 0.2) is 0 Å². The van der Waals surface area contributed by atoms with Crippen molar-refractivity contribution in [2.75, 3.05) is 26.0 Å². The number of carbonyl (C=O) groups excluding carboxylic acids is 5. The van der Waals surface area contributed by atoms with Gasteiger partial charge >= 0.3 is 24.1 Å². The Kier molecular flexibility index (Phi) is 14.4. The van der Waals surface area contributed by atoms with Gasteiger partial charge in [-0.1, -0.05) is 91.0 Å². The maximum atomic E-state index is 14.4. The predicted octanol–water partition coefficient (Wildman–Crippen LogP) is 6.03. The molecule has 3 aromatic rings. The van der Waals surface area contributed by atoms with E-state index in [-0.39, 0.29) is 32.5 Å². The molecule has 3 aromatic carbocycles. The number of cyclic esters (lactones) is 1. The molecule has 0 saturated carbocycles. The Bertz CT molecular complexity index is 1710. The fraction of sp³-hybridized carbons (Fsp3) is 0.410. The zero-order valence-electron chi connectivity index (χ0n) is 30.3. The summed E-state index contributed by atoms with van der Waals surface area (Å²) in [5, 5.41) is 2.38. The number of hydrogen-bond donors (Lipinski definition) is 2. The Balaban J connectivity index is 1.55. The van der Waals surface area contributed by atoms with Crippen molar-refractivity contribution in [1.82, 2.24) is 10.2 Å². The fourth-order valence-electron chi connectivity index (χ4n) is 6.13. The molecule has 4 rings (SSSR count). The topological polar surface area (TPSA) is 175 Å². The van der Waals surface area contributed by atoms with Gasteiger partial charge in [-0.2, -0.15) is 0 Å². The number of hydrogen-bond acceptors (Lipinski definition) is 10. The van der Waals surface area contributed by atoms with E-state index in [1.807, 2.05) is 60.7 Å². The first kappa shape index (κ1) is 40.8. The Morgan fingerprint density at radius 1 is 0.925 bits per heavy atom. The van der Waals surface area contributed by atoms with Crippen molar-refractivity contribution in [3.05, 3.63) is 108 Å². The van der Waals surface area contributed by atoms with E-state index in [0.29, 0.717) is 5.56 Å². The monoisotopic (exact) mass is 750 g/mol. The van der Waals surface area contributed by atoms with Crippen molar-refractivity contribution in [2.45, 2.75) is 70.2 Å². The van der Waals surface area contributed by atoms with Crippen LogP contribution < -0.4 is 5.32 Å². The molecule has 0 radical (unpaired) electrons. The first-order valence-corrected chi connectivity index (χ1v) is 19.4. The molecule has 14 heteroatoms. The van der Waals surface area contributed by atoms with Crippen LogP contribution in [-0.2, 0) is 44.5 Å². The smallest absolute Gasteiger partial charge is 0.417 e. The van der Waals surface area contributed by atoms with Crippen molar-refractivity contribution in [1.29, 1.82) is 0 Å². The molecule has 1 aliphatic rings. The third kappa shape index (κ3) is 12.3. The van der Waals surface area contributed by atoms with Gasteiger partial charge in [0.1, 0.15) is 24.9 Å². The number of rotatable bonds is 16. The standard InChI is InChI=1S/C39H47N2O11P/c1-39(2,3)52-33(42)21-20-30(26-53(47,48)23-22-31(36(44)49-4)40-37(45)50-24-27-14-8-5-9-15-27)35(43)41-32(25-51-38(41)46)34(28-16-10-6-11-17-28)29-18-12-7-13-19-29/h5-19,30-32,34H,20-26H2,1-4H3,(H,40,45)(H,47,48)/t30?,31-,32+/m0/s1. The number of nitrogens with zero attached hydrogens (tertiary/aromatic N) is 1. The van der Waals surface area contributed by atoms with Gasteiger partial charge in [0, 0.05) is 30.6 Å². The van der Waals surface area contributed by atoms with Gasteiger partial charge in [0.05, 0.1) is 13.2 Å². The number of carbonyl (C=O) groups is 5. The highest BCUT2D eigenvalue weighted by Gasteiger charge is 2.46. The number of ether oxygens (including phenoxy) is 4. The molecule has 2 N–H and O–H groups in total. The summed E-state index contributed by atoms with van der Waals surface area (Å²) in [7, 11) is -3.17. The van der Waals surface area contributed by atoms with Crippen LogP contribution in [0.5, 0.6) is 0 Å². The molecule has 3 amide bonds. The van der Waals surface area contributed by atoms with Gasteiger partial charge in [-0.25, -0.2) is 19.3 Å². The summed E-state index contributed by atoms with van der Waals surface area (Å²) in [6.45, 7) is 4.88. The van der Waals surface area contributed by atoms with Crippen LogP contribution in [0.2, 0.25) is 0 Å². The third-order valence-corrected chi connectivity index (χ3v) is 10.5. The van der Waals surface area contributed by atoms with E-state index in [0.717, 1.165) is 23.1 Å².